The Morgan fingerprint density at radius 2 is 1.33 bits per heavy atom. The Bertz CT molecular complexity index is 1620. The van der Waals surface area contributed by atoms with E-state index in [1.165, 1.54) is 4.90 Å². The van der Waals surface area contributed by atoms with Gasteiger partial charge in [-0.25, -0.2) is 0 Å². The van der Waals surface area contributed by atoms with E-state index in [1.807, 2.05) is 48.5 Å². The van der Waals surface area contributed by atoms with Gasteiger partial charge in [0.1, 0.15) is 5.75 Å². The van der Waals surface area contributed by atoms with E-state index in [0.717, 1.165) is 43.5 Å². The molecule has 5 aromatic rings. The van der Waals surface area contributed by atoms with Gasteiger partial charge in [0.15, 0.2) is 0 Å². The molecule has 0 aliphatic carbocycles. The molecule has 0 saturated carbocycles. The van der Waals surface area contributed by atoms with Gasteiger partial charge in [0.2, 0.25) is 0 Å². The molecule has 1 heterocycles. The molecule has 5 aromatic carbocycles. The minimum absolute atomic E-state index is 0. The first kappa shape index (κ1) is 24.5. The van der Waals surface area contributed by atoms with Crippen LogP contribution in [0.3, 0.4) is 0 Å². The van der Waals surface area contributed by atoms with Crippen LogP contribution in [0, 0.1) is 0 Å². The molecule has 36 heavy (non-hydrogen) atoms. The number of rotatable bonds is 7. The number of aliphatic carboxylic acids is 1. The summed E-state index contributed by atoms with van der Waals surface area (Å²) in [6.07, 6.45) is 1.61. The van der Waals surface area contributed by atoms with Crippen molar-refractivity contribution < 1.29 is 53.8 Å². The number of nitrogens with zero attached hydrogens (tertiary/aromatic N) is 1. The van der Waals surface area contributed by atoms with Crippen molar-refractivity contribution >= 4 is 60.9 Å². The first-order valence-electron chi connectivity index (χ1n) is 11.8. The molecule has 6 rings (SSSR count). The monoisotopic (exact) mass is 487 g/mol. The molecule has 0 unspecified atom stereocenters. The second-order valence-electron chi connectivity index (χ2n) is 9.06. The van der Waals surface area contributed by atoms with Crippen LogP contribution in [0.15, 0.2) is 54.6 Å². The van der Waals surface area contributed by atoms with E-state index in [-0.39, 0.29) is 54.3 Å². The van der Waals surface area contributed by atoms with Crippen molar-refractivity contribution in [3.05, 3.63) is 65.7 Å². The number of ether oxygens (including phenoxy) is 1. The first-order chi connectivity index (χ1) is 17.0. The maximum atomic E-state index is 13.4. The Morgan fingerprint density at radius 3 is 1.97 bits per heavy atom. The number of fused-ring (bicyclic) bond motifs is 2. The molecule has 1 aliphatic heterocycles. The zero-order chi connectivity index (χ0) is 24.3. The van der Waals surface area contributed by atoms with Gasteiger partial charge in [0.05, 0.1) is 7.11 Å². The average molecular weight is 487 g/mol. The van der Waals surface area contributed by atoms with Crippen molar-refractivity contribution in [1.82, 2.24) is 4.90 Å². The molecule has 0 aromatic heterocycles. The van der Waals surface area contributed by atoms with Gasteiger partial charge in [0, 0.05) is 39.8 Å². The van der Waals surface area contributed by atoms with Crippen LogP contribution in [0.2, 0.25) is 0 Å². The third-order valence-corrected chi connectivity index (χ3v) is 7.18. The van der Waals surface area contributed by atoms with Gasteiger partial charge in [-0.1, -0.05) is 42.8 Å². The third-order valence-electron chi connectivity index (χ3n) is 7.18. The van der Waals surface area contributed by atoms with E-state index in [1.54, 1.807) is 7.11 Å². The number of hydrogen-bond donors (Lipinski definition) is 0. The number of carboxylic acids is 1. The summed E-state index contributed by atoms with van der Waals surface area (Å²) < 4.78 is 5.60. The molecule has 0 N–H and O–H groups in total. The molecular formula is C29H22NNaO5. The molecular weight excluding hydrogens is 465 g/mol. The molecule has 6 nitrogen and oxygen atoms in total. The summed E-state index contributed by atoms with van der Waals surface area (Å²) in [6, 6.07) is 17.7. The number of carbonyl (C=O) groups is 3. The predicted octanol–water partition coefficient (Wildman–Crippen LogP) is 1.66. The molecule has 7 heteroatoms. The summed E-state index contributed by atoms with van der Waals surface area (Å²) in [7, 11) is 1.67. The van der Waals surface area contributed by atoms with Crippen LogP contribution in [0.4, 0.5) is 0 Å². The number of hydrogen-bond acceptors (Lipinski definition) is 5. The van der Waals surface area contributed by atoms with Crippen molar-refractivity contribution in [2.24, 2.45) is 0 Å². The van der Waals surface area contributed by atoms with Gasteiger partial charge in [-0.05, 0) is 64.4 Å². The molecule has 0 bridgehead atoms. The smallest absolute Gasteiger partial charge is 0.550 e. The van der Waals surface area contributed by atoms with E-state index < -0.39 is 5.97 Å². The molecule has 174 valence electrons. The molecule has 0 atom stereocenters. The van der Waals surface area contributed by atoms with Gasteiger partial charge >= 0.3 is 29.6 Å². The maximum absolute atomic E-state index is 13.4. The summed E-state index contributed by atoms with van der Waals surface area (Å²) in [5.41, 5.74) is 1.05. The number of methoxy groups -OCH3 is 1. The van der Waals surface area contributed by atoms with Gasteiger partial charge in [-0.2, -0.15) is 0 Å². The number of carbonyl (C=O) groups excluding carboxylic acids is 3. The fourth-order valence-electron chi connectivity index (χ4n) is 5.61. The Labute approximate surface area is 229 Å². The normalized spacial score (nSPS) is 13.2. The van der Waals surface area contributed by atoms with Crippen LogP contribution >= 0.6 is 0 Å². The van der Waals surface area contributed by atoms with Crippen LogP contribution in [0.1, 0.15) is 46.4 Å². The first-order valence-corrected chi connectivity index (χ1v) is 11.8. The zero-order valence-corrected chi connectivity index (χ0v) is 22.2. The van der Waals surface area contributed by atoms with Crippen LogP contribution in [0.5, 0.6) is 5.75 Å². The molecule has 0 spiro atoms. The quantitative estimate of drug-likeness (QED) is 0.115. The molecule has 2 amide bonds. The van der Waals surface area contributed by atoms with E-state index in [2.05, 4.69) is 6.07 Å². The van der Waals surface area contributed by atoms with Gasteiger partial charge in [-0.15, -0.1) is 0 Å². The number of amides is 2. The van der Waals surface area contributed by atoms with Crippen LogP contribution in [-0.4, -0.2) is 36.3 Å². The number of carboxylic acid groups (broad SMARTS) is 1. The van der Waals surface area contributed by atoms with Gasteiger partial charge in [0.25, 0.3) is 11.8 Å². The Balaban J connectivity index is 0.00000267. The minimum atomic E-state index is -1.08. The summed E-state index contributed by atoms with van der Waals surface area (Å²) in [6.45, 7) is 0.261. The summed E-state index contributed by atoms with van der Waals surface area (Å²) >= 11 is 0. The van der Waals surface area contributed by atoms with Crippen molar-refractivity contribution in [3.63, 3.8) is 0 Å². The van der Waals surface area contributed by atoms with E-state index in [0.29, 0.717) is 35.8 Å². The number of imide groups is 1. The standard InChI is InChI=1S/C29H23NO5.Na/c1-35-23-14-13-17-19-10-12-22-27-21(28(33)30(29(22)34)15-4-2-3-8-24(31)32)11-9-18(26(19)27)16-6-5-7-20(23)25(16)17;/h5-7,9-14H,2-4,8,15H2,1H3,(H,31,32);/q;+1/p-1. The van der Waals surface area contributed by atoms with E-state index >= 15 is 0 Å². The molecule has 0 radical (unpaired) electrons. The van der Waals surface area contributed by atoms with Gasteiger partial charge < -0.3 is 14.6 Å². The summed E-state index contributed by atoms with van der Waals surface area (Å²) in [4.78, 5) is 38.8. The zero-order valence-electron chi connectivity index (χ0n) is 20.2. The van der Waals surface area contributed by atoms with E-state index in [4.69, 9.17) is 4.74 Å². The van der Waals surface area contributed by atoms with E-state index in [9.17, 15) is 19.5 Å². The second kappa shape index (κ2) is 9.36. The van der Waals surface area contributed by atoms with Crippen LogP contribution in [-0.2, 0) is 4.79 Å². The van der Waals surface area contributed by atoms with Crippen LogP contribution in [0.25, 0.3) is 43.1 Å². The molecule has 0 saturated heterocycles. The largest absolute Gasteiger partial charge is 1.00 e. The van der Waals surface area contributed by atoms with Crippen molar-refractivity contribution in [2.45, 2.75) is 25.7 Å². The van der Waals surface area contributed by atoms with Crippen molar-refractivity contribution in [2.75, 3.05) is 13.7 Å². The minimum Gasteiger partial charge on any atom is -0.550 e. The Morgan fingerprint density at radius 1 is 0.750 bits per heavy atom. The molecule has 0 fully saturated rings. The van der Waals surface area contributed by atoms with Gasteiger partial charge in [-0.3, -0.25) is 14.5 Å². The van der Waals surface area contributed by atoms with Crippen molar-refractivity contribution in [1.29, 1.82) is 0 Å². The summed E-state index contributed by atoms with van der Waals surface area (Å²) in [5, 5.41) is 18.5. The van der Waals surface area contributed by atoms with Crippen molar-refractivity contribution in [3.8, 4) is 5.75 Å². The SMILES string of the molecule is COc1ccc2c3ccc4c5c(ccc(c6cccc1c62)c53)C(=O)N(CCCCCC(=O)[O-])C4=O.[Na+]. The Hall–Kier alpha value is -3.19. The number of benzene rings is 5. The fourth-order valence-corrected chi connectivity index (χ4v) is 5.61. The Kier molecular flexibility index (Phi) is 6.37. The average Bonchev–Trinajstić information content (AvgIpc) is 2.87. The summed E-state index contributed by atoms with van der Waals surface area (Å²) in [5.74, 6) is -0.880. The van der Waals surface area contributed by atoms with Crippen LogP contribution < -0.4 is 39.4 Å². The fraction of sp³-hybridized carbons (Fsp3) is 0.207. The maximum Gasteiger partial charge on any atom is 1.00 e. The topological polar surface area (TPSA) is 86.7 Å². The number of unbranched alkanes of at least 4 members (excludes halogenated alkanes) is 2. The third kappa shape index (κ3) is 3.55. The predicted molar refractivity (Wildman–Crippen MR) is 133 cm³/mol. The second-order valence-corrected chi connectivity index (χ2v) is 9.06. The molecule has 1 aliphatic rings.